The van der Waals surface area contributed by atoms with Crippen LogP contribution in [0.1, 0.15) is 23.8 Å². The van der Waals surface area contributed by atoms with Crippen molar-refractivity contribution in [3.05, 3.63) is 72.2 Å². The van der Waals surface area contributed by atoms with Crippen LogP contribution in [0.15, 0.2) is 60.9 Å². The number of carbonyl (C=O) groups excluding carboxylic acids is 1. The normalized spacial score (nSPS) is 12.2. The summed E-state index contributed by atoms with van der Waals surface area (Å²) in [7, 11) is 0. The lowest BCUT2D eigenvalue weighted by Gasteiger charge is -2.10. The number of fused-ring (bicyclic) bond motifs is 1. The van der Waals surface area contributed by atoms with Crippen molar-refractivity contribution in [3.63, 3.8) is 0 Å². The SMILES string of the molecule is O=C(CC(O)c1ccccc1)NCCc1cn2ccccc2n1. The minimum absolute atomic E-state index is 0.0647. The van der Waals surface area contributed by atoms with Gasteiger partial charge in [0.2, 0.25) is 5.91 Å². The number of aliphatic hydroxyl groups is 1. The number of imidazole rings is 1. The van der Waals surface area contributed by atoms with Crippen molar-refractivity contribution in [1.29, 1.82) is 0 Å². The molecule has 0 aliphatic rings. The van der Waals surface area contributed by atoms with Crippen molar-refractivity contribution >= 4 is 11.6 Å². The average Bonchev–Trinajstić information content (AvgIpc) is 2.98. The van der Waals surface area contributed by atoms with E-state index in [1.165, 1.54) is 0 Å². The molecule has 0 fully saturated rings. The predicted molar refractivity (Wildman–Crippen MR) is 87.9 cm³/mol. The third-order valence-corrected chi connectivity index (χ3v) is 3.68. The van der Waals surface area contributed by atoms with Crippen LogP contribution in [-0.4, -0.2) is 26.9 Å². The fourth-order valence-corrected chi connectivity index (χ4v) is 2.48. The zero-order valence-electron chi connectivity index (χ0n) is 12.7. The second kappa shape index (κ2) is 7.07. The van der Waals surface area contributed by atoms with Gasteiger partial charge in [-0.2, -0.15) is 0 Å². The van der Waals surface area contributed by atoms with E-state index in [4.69, 9.17) is 0 Å². The molecule has 2 N–H and O–H groups in total. The highest BCUT2D eigenvalue weighted by atomic mass is 16.3. The molecule has 0 saturated heterocycles. The van der Waals surface area contributed by atoms with Crippen LogP contribution in [0.4, 0.5) is 0 Å². The minimum atomic E-state index is -0.772. The molecule has 5 heteroatoms. The fraction of sp³-hybridized carbons (Fsp3) is 0.222. The number of nitrogens with zero attached hydrogens (tertiary/aromatic N) is 2. The average molecular weight is 309 g/mol. The van der Waals surface area contributed by atoms with Crippen LogP contribution < -0.4 is 5.32 Å². The molecule has 2 heterocycles. The lowest BCUT2D eigenvalue weighted by Crippen LogP contribution is -2.27. The van der Waals surface area contributed by atoms with Crippen LogP contribution in [-0.2, 0) is 11.2 Å². The number of pyridine rings is 1. The summed E-state index contributed by atoms with van der Waals surface area (Å²) in [5, 5.41) is 12.9. The third-order valence-electron chi connectivity index (χ3n) is 3.68. The van der Waals surface area contributed by atoms with Gasteiger partial charge in [-0.1, -0.05) is 36.4 Å². The highest BCUT2D eigenvalue weighted by Crippen LogP contribution is 2.15. The molecule has 0 radical (unpaired) electrons. The van der Waals surface area contributed by atoms with Gasteiger partial charge in [0.1, 0.15) is 5.65 Å². The first-order valence-electron chi connectivity index (χ1n) is 7.65. The third kappa shape index (κ3) is 3.96. The van der Waals surface area contributed by atoms with Gasteiger partial charge in [-0.05, 0) is 17.7 Å². The van der Waals surface area contributed by atoms with Crippen molar-refractivity contribution < 1.29 is 9.90 Å². The summed E-state index contributed by atoms with van der Waals surface area (Å²) < 4.78 is 1.95. The summed E-state index contributed by atoms with van der Waals surface area (Å²) in [4.78, 5) is 16.4. The summed E-state index contributed by atoms with van der Waals surface area (Å²) in [6.45, 7) is 0.504. The minimum Gasteiger partial charge on any atom is -0.388 e. The van der Waals surface area contributed by atoms with Crippen LogP contribution in [0.3, 0.4) is 0 Å². The van der Waals surface area contributed by atoms with Gasteiger partial charge in [0.05, 0.1) is 18.2 Å². The van der Waals surface area contributed by atoms with Gasteiger partial charge >= 0.3 is 0 Å². The molecule has 5 nitrogen and oxygen atoms in total. The molecule has 23 heavy (non-hydrogen) atoms. The smallest absolute Gasteiger partial charge is 0.222 e. The maximum Gasteiger partial charge on any atom is 0.222 e. The summed E-state index contributed by atoms with van der Waals surface area (Å²) in [5.74, 6) is -0.162. The Kier molecular flexibility index (Phi) is 4.68. The largest absolute Gasteiger partial charge is 0.388 e. The van der Waals surface area contributed by atoms with Crippen LogP contribution in [0.25, 0.3) is 5.65 Å². The standard InChI is InChI=1S/C18H19N3O2/c22-16(14-6-2-1-3-7-14)12-18(23)19-10-9-15-13-21-11-5-4-8-17(21)20-15/h1-8,11,13,16,22H,9-10,12H2,(H,19,23). The summed E-state index contributed by atoms with van der Waals surface area (Å²) in [6, 6.07) is 15.0. The molecule has 3 aromatic rings. The molecule has 3 rings (SSSR count). The maximum absolute atomic E-state index is 11.9. The number of hydrogen-bond acceptors (Lipinski definition) is 3. The van der Waals surface area contributed by atoms with E-state index in [0.29, 0.717) is 13.0 Å². The molecule has 0 spiro atoms. The molecule has 0 bridgehead atoms. The van der Waals surface area contributed by atoms with E-state index in [1.54, 1.807) is 0 Å². The van der Waals surface area contributed by atoms with Crippen LogP contribution in [0.2, 0.25) is 0 Å². The zero-order valence-corrected chi connectivity index (χ0v) is 12.7. The van der Waals surface area contributed by atoms with Gasteiger partial charge < -0.3 is 14.8 Å². The Morgan fingerprint density at radius 3 is 2.74 bits per heavy atom. The molecule has 0 aliphatic heterocycles. The number of aromatic nitrogens is 2. The van der Waals surface area contributed by atoms with Gasteiger partial charge in [0.25, 0.3) is 0 Å². The Labute approximate surface area is 134 Å². The fourth-order valence-electron chi connectivity index (χ4n) is 2.48. The number of aliphatic hydroxyl groups excluding tert-OH is 1. The Morgan fingerprint density at radius 2 is 1.96 bits per heavy atom. The van der Waals surface area contributed by atoms with E-state index in [1.807, 2.05) is 65.3 Å². The predicted octanol–water partition coefficient (Wildman–Crippen LogP) is 2.12. The molecule has 0 aliphatic carbocycles. The number of rotatable bonds is 6. The number of carbonyl (C=O) groups is 1. The van der Waals surface area contributed by atoms with Crippen molar-refractivity contribution in [2.75, 3.05) is 6.54 Å². The van der Waals surface area contributed by atoms with E-state index < -0.39 is 6.10 Å². The Bertz CT molecular complexity index is 750. The quantitative estimate of drug-likeness (QED) is 0.733. The van der Waals surface area contributed by atoms with Crippen LogP contribution in [0, 0.1) is 0 Å². The van der Waals surface area contributed by atoms with Gasteiger partial charge in [-0.15, -0.1) is 0 Å². The highest BCUT2D eigenvalue weighted by Gasteiger charge is 2.12. The molecular formula is C18H19N3O2. The van der Waals surface area contributed by atoms with E-state index in [9.17, 15) is 9.90 Å². The molecule has 2 aromatic heterocycles. The van der Waals surface area contributed by atoms with Gasteiger partial charge in [-0.25, -0.2) is 4.98 Å². The molecule has 1 atom stereocenters. The van der Waals surface area contributed by atoms with E-state index in [-0.39, 0.29) is 12.3 Å². The van der Waals surface area contributed by atoms with E-state index in [0.717, 1.165) is 16.9 Å². The molecule has 0 saturated carbocycles. The highest BCUT2D eigenvalue weighted by molar-refractivity contribution is 5.76. The molecular weight excluding hydrogens is 290 g/mol. The van der Waals surface area contributed by atoms with Crippen molar-refractivity contribution in [1.82, 2.24) is 14.7 Å². The van der Waals surface area contributed by atoms with E-state index in [2.05, 4.69) is 10.3 Å². The molecule has 1 unspecified atom stereocenters. The topological polar surface area (TPSA) is 66.6 Å². The lowest BCUT2D eigenvalue weighted by molar-refractivity contribution is -0.123. The molecule has 118 valence electrons. The Hall–Kier alpha value is -2.66. The van der Waals surface area contributed by atoms with Gasteiger partial charge in [0.15, 0.2) is 0 Å². The first-order valence-corrected chi connectivity index (χ1v) is 7.65. The molecule has 1 amide bonds. The first kappa shape index (κ1) is 15.2. The van der Waals surface area contributed by atoms with Gasteiger partial charge in [-0.3, -0.25) is 4.79 Å². The second-order valence-electron chi connectivity index (χ2n) is 5.43. The number of hydrogen-bond donors (Lipinski definition) is 2. The Balaban J connectivity index is 1.47. The summed E-state index contributed by atoms with van der Waals surface area (Å²) in [5.41, 5.74) is 2.58. The van der Waals surface area contributed by atoms with Crippen LogP contribution in [0.5, 0.6) is 0 Å². The lowest BCUT2D eigenvalue weighted by atomic mass is 10.1. The number of nitrogens with one attached hydrogen (secondary N) is 1. The summed E-state index contributed by atoms with van der Waals surface area (Å²) in [6.07, 6.45) is 3.86. The van der Waals surface area contributed by atoms with Crippen molar-refractivity contribution in [2.24, 2.45) is 0 Å². The summed E-state index contributed by atoms with van der Waals surface area (Å²) >= 11 is 0. The first-order chi connectivity index (χ1) is 11.2. The van der Waals surface area contributed by atoms with Gasteiger partial charge in [0, 0.05) is 25.4 Å². The monoisotopic (exact) mass is 309 g/mol. The zero-order chi connectivity index (χ0) is 16.1. The van der Waals surface area contributed by atoms with Crippen LogP contribution >= 0.6 is 0 Å². The Morgan fingerprint density at radius 1 is 1.17 bits per heavy atom. The molecule has 1 aromatic carbocycles. The number of benzene rings is 1. The second-order valence-corrected chi connectivity index (χ2v) is 5.43. The van der Waals surface area contributed by atoms with Crippen molar-refractivity contribution in [2.45, 2.75) is 18.9 Å². The van der Waals surface area contributed by atoms with E-state index >= 15 is 0 Å². The maximum atomic E-state index is 11.9. The number of amides is 1. The van der Waals surface area contributed by atoms with Crippen molar-refractivity contribution in [3.8, 4) is 0 Å².